The minimum absolute atomic E-state index is 0.0176. The molecule has 1 aliphatic rings. The van der Waals surface area contributed by atoms with Gasteiger partial charge in [-0.2, -0.15) is 0 Å². The van der Waals surface area contributed by atoms with Gasteiger partial charge in [-0.3, -0.25) is 4.79 Å². The monoisotopic (exact) mass is 216 g/mol. The molecule has 5 nitrogen and oxygen atoms in total. The summed E-state index contributed by atoms with van der Waals surface area (Å²) in [4.78, 5) is 22.1. The molecule has 0 aromatic rings. The molecular formula is C10H16O5. The van der Waals surface area contributed by atoms with Gasteiger partial charge in [0.15, 0.2) is 0 Å². The number of carbonyl (C=O) groups excluding carboxylic acids is 2. The van der Waals surface area contributed by atoms with E-state index in [4.69, 9.17) is 4.74 Å². The van der Waals surface area contributed by atoms with Crippen LogP contribution in [0.15, 0.2) is 0 Å². The van der Waals surface area contributed by atoms with Gasteiger partial charge in [-0.25, -0.2) is 4.79 Å². The third-order valence-electron chi connectivity index (χ3n) is 3.05. The van der Waals surface area contributed by atoms with Gasteiger partial charge in [0.05, 0.1) is 26.7 Å². The van der Waals surface area contributed by atoms with Crippen LogP contribution in [0.25, 0.3) is 0 Å². The van der Waals surface area contributed by atoms with Gasteiger partial charge in [-0.05, 0) is 5.41 Å². The number of hydrogen-bond acceptors (Lipinski definition) is 5. The van der Waals surface area contributed by atoms with E-state index >= 15 is 0 Å². The smallest absolute Gasteiger partial charge is 0.469 e. The minimum Gasteiger partial charge on any atom is -0.469 e. The number of methoxy groups -OCH3 is 2. The van der Waals surface area contributed by atoms with E-state index in [1.807, 2.05) is 13.8 Å². The number of esters is 1. The van der Waals surface area contributed by atoms with Crippen LogP contribution in [0.1, 0.15) is 13.8 Å². The Balaban J connectivity index is 2.45. The Kier molecular flexibility index (Phi) is 3.21. The lowest BCUT2D eigenvalue weighted by atomic mass is 10.1. The maximum atomic E-state index is 11.3. The van der Waals surface area contributed by atoms with Crippen LogP contribution in [0.4, 0.5) is 4.79 Å². The fraction of sp³-hybridized carbons (Fsp3) is 0.800. The van der Waals surface area contributed by atoms with Crippen LogP contribution in [0.3, 0.4) is 0 Å². The summed E-state index contributed by atoms with van der Waals surface area (Å²) in [5, 5.41) is 0. The molecule has 0 aromatic heterocycles. The number of hydrogen-bond donors (Lipinski definition) is 0. The second-order valence-corrected chi connectivity index (χ2v) is 4.19. The summed E-state index contributed by atoms with van der Waals surface area (Å²) in [6.07, 6.45) is -0.721. The highest BCUT2D eigenvalue weighted by Gasteiger charge is 2.63. The van der Waals surface area contributed by atoms with Crippen molar-refractivity contribution >= 4 is 12.1 Å². The first-order chi connectivity index (χ1) is 6.95. The third kappa shape index (κ3) is 2.22. The van der Waals surface area contributed by atoms with Gasteiger partial charge >= 0.3 is 12.1 Å². The van der Waals surface area contributed by atoms with Crippen molar-refractivity contribution < 1.29 is 23.8 Å². The summed E-state index contributed by atoms with van der Waals surface area (Å²) in [5.74, 6) is -0.422. The van der Waals surface area contributed by atoms with E-state index in [9.17, 15) is 9.59 Å². The van der Waals surface area contributed by atoms with E-state index in [1.54, 1.807) is 0 Å². The average molecular weight is 216 g/mol. The van der Waals surface area contributed by atoms with E-state index < -0.39 is 6.16 Å². The number of rotatable bonds is 3. The first-order valence-corrected chi connectivity index (χ1v) is 4.73. The van der Waals surface area contributed by atoms with Gasteiger partial charge in [0.1, 0.15) is 0 Å². The predicted octanol–water partition coefficient (Wildman–Crippen LogP) is 1.21. The molecule has 1 saturated carbocycles. The molecule has 2 unspecified atom stereocenters. The van der Waals surface area contributed by atoms with Crippen molar-refractivity contribution in [1.29, 1.82) is 0 Å². The fourth-order valence-electron chi connectivity index (χ4n) is 1.87. The Morgan fingerprint density at radius 1 is 1.20 bits per heavy atom. The van der Waals surface area contributed by atoms with Crippen LogP contribution >= 0.6 is 0 Å². The number of ether oxygens (including phenoxy) is 3. The summed E-state index contributed by atoms with van der Waals surface area (Å²) >= 11 is 0. The molecule has 0 bridgehead atoms. The van der Waals surface area contributed by atoms with Crippen LogP contribution < -0.4 is 0 Å². The minimum atomic E-state index is -0.721. The lowest BCUT2D eigenvalue weighted by Gasteiger charge is -2.03. The van der Waals surface area contributed by atoms with Crippen LogP contribution in [0.2, 0.25) is 0 Å². The molecule has 0 radical (unpaired) electrons. The van der Waals surface area contributed by atoms with Crippen LogP contribution in [-0.4, -0.2) is 33.0 Å². The molecule has 5 heteroatoms. The van der Waals surface area contributed by atoms with Gasteiger partial charge in [-0.15, -0.1) is 0 Å². The molecule has 0 aromatic carbocycles. The van der Waals surface area contributed by atoms with Crippen LogP contribution in [0.5, 0.6) is 0 Å². The average Bonchev–Trinajstić information content (AvgIpc) is 2.75. The van der Waals surface area contributed by atoms with E-state index in [0.717, 1.165) is 0 Å². The lowest BCUT2D eigenvalue weighted by Crippen LogP contribution is -2.10. The molecule has 15 heavy (non-hydrogen) atoms. The fourth-order valence-corrected chi connectivity index (χ4v) is 1.87. The Bertz CT molecular complexity index is 271. The van der Waals surface area contributed by atoms with Crippen molar-refractivity contribution in [3.63, 3.8) is 0 Å². The Labute approximate surface area is 88.7 Å². The maximum absolute atomic E-state index is 11.3. The summed E-state index contributed by atoms with van der Waals surface area (Å²) < 4.78 is 13.8. The first kappa shape index (κ1) is 11.8. The van der Waals surface area contributed by atoms with Gasteiger partial charge in [0, 0.05) is 5.92 Å². The number of carbonyl (C=O) groups is 2. The van der Waals surface area contributed by atoms with Crippen molar-refractivity contribution in [2.75, 3.05) is 20.8 Å². The van der Waals surface area contributed by atoms with Gasteiger partial charge in [0.25, 0.3) is 0 Å². The van der Waals surface area contributed by atoms with Crippen molar-refractivity contribution in [1.82, 2.24) is 0 Å². The third-order valence-corrected chi connectivity index (χ3v) is 3.05. The molecule has 0 heterocycles. The molecule has 0 amide bonds. The van der Waals surface area contributed by atoms with Crippen molar-refractivity contribution in [2.45, 2.75) is 13.8 Å². The second kappa shape index (κ2) is 4.08. The highest BCUT2D eigenvalue weighted by Crippen LogP contribution is 2.58. The van der Waals surface area contributed by atoms with E-state index in [0.29, 0.717) is 0 Å². The van der Waals surface area contributed by atoms with Crippen molar-refractivity contribution in [2.24, 2.45) is 17.3 Å². The van der Waals surface area contributed by atoms with Crippen molar-refractivity contribution in [3.05, 3.63) is 0 Å². The molecule has 0 saturated heterocycles. The Morgan fingerprint density at radius 2 is 1.80 bits per heavy atom. The molecule has 86 valence electrons. The first-order valence-electron chi connectivity index (χ1n) is 4.73. The maximum Gasteiger partial charge on any atom is 0.507 e. The quantitative estimate of drug-likeness (QED) is 0.663. The van der Waals surface area contributed by atoms with E-state index in [2.05, 4.69) is 9.47 Å². The Morgan fingerprint density at radius 3 is 2.27 bits per heavy atom. The van der Waals surface area contributed by atoms with E-state index in [1.165, 1.54) is 14.2 Å². The van der Waals surface area contributed by atoms with E-state index in [-0.39, 0.29) is 29.8 Å². The summed E-state index contributed by atoms with van der Waals surface area (Å²) in [5.41, 5.74) is -0.166. The summed E-state index contributed by atoms with van der Waals surface area (Å²) in [6.45, 7) is 4.08. The zero-order chi connectivity index (χ0) is 11.6. The van der Waals surface area contributed by atoms with Gasteiger partial charge in [0.2, 0.25) is 0 Å². The van der Waals surface area contributed by atoms with Crippen LogP contribution in [-0.2, 0) is 19.0 Å². The molecule has 2 atom stereocenters. The van der Waals surface area contributed by atoms with Crippen LogP contribution in [0, 0.1) is 17.3 Å². The molecule has 0 aliphatic heterocycles. The van der Waals surface area contributed by atoms with Gasteiger partial charge in [-0.1, -0.05) is 13.8 Å². The zero-order valence-corrected chi connectivity index (χ0v) is 9.40. The molecule has 1 fully saturated rings. The summed E-state index contributed by atoms with van der Waals surface area (Å²) in [6, 6.07) is 0. The lowest BCUT2D eigenvalue weighted by molar-refractivity contribution is -0.143. The highest BCUT2D eigenvalue weighted by atomic mass is 16.7. The molecule has 1 aliphatic carbocycles. The van der Waals surface area contributed by atoms with Crippen molar-refractivity contribution in [3.8, 4) is 0 Å². The molecule has 0 spiro atoms. The topological polar surface area (TPSA) is 61.8 Å². The normalized spacial score (nSPS) is 26.7. The largest absolute Gasteiger partial charge is 0.507 e. The molecular weight excluding hydrogens is 200 g/mol. The molecule has 0 N–H and O–H groups in total. The summed E-state index contributed by atoms with van der Waals surface area (Å²) in [7, 11) is 2.60. The SMILES string of the molecule is COC(=O)OCC1C(C(=O)OC)C1(C)C. The second-order valence-electron chi connectivity index (χ2n) is 4.19. The molecule has 1 rings (SSSR count). The van der Waals surface area contributed by atoms with Gasteiger partial charge < -0.3 is 14.2 Å². The Hall–Kier alpha value is -1.26. The zero-order valence-electron chi connectivity index (χ0n) is 9.40. The standard InChI is InChI=1S/C10H16O5/c1-10(2)6(5-15-9(12)14-4)7(10)8(11)13-3/h6-7H,5H2,1-4H3. The predicted molar refractivity (Wildman–Crippen MR) is 51.1 cm³/mol. The highest BCUT2D eigenvalue weighted by molar-refractivity contribution is 5.77.